The molecule has 1 aliphatic heterocycles. The van der Waals surface area contributed by atoms with Gasteiger partial charge in [0.25, 0.3) is 0 Å². The lowest BCUT2D eigenvalue weighted by atomic mass is 10.1. The summed E-state index contributed by atoms with van der Waals surface area (Å²) in [5, 5.41) is 1.56. The van der Waals surface area contributed by atoms with Crippen molar-refractivity contribution in [2.75, 3.05) is 0 Å². The van der Waals surface area contributed by atoms with E-state index >= 15 is 0 Å². The molecule has 0 bridgehead atoms. The molecule has 0 saturated carbocycles. The van der Waals surface area contributed by atoms with Crippen LogP contribution in [0.15, 0.2) is 66.7 Å². The SMILES string of the molecule is C[C@@H](C(=O)SC(C)(C)C)[C@H](/C=C/c1ccccc1)O[Si]1(c2ccccc2)CCC1. The average Bonchev–Trinajstić information content (AvgIpc) is 2.66. The lowest BCUT2D eigenvalue weighted by Crippen LogP contribution is -2.58. The summed E-state index contributed by atoms with van der Waals surface area (Å²) in [6.07, 6.45) is 5.22. The molecule has 1 aliphatic rings. The Balaban J connectivity index is 1.86. The van der Waals surface area contributed by atoms with Gasteiger partial charge < -0.3 is 4.43 Å². The van der Waals surface area contributed by atoms with Crippen LogP contribution in [-0.2, 0) is 9.22 Å². The van der Waals surface area contributed by atoms with Crippen LogP contribution in [0.5, 0.6) is 0 Å². The van der Waals surface area contributed by atoms with Gasteiger partial charge in [-0.05, 0) is 22.8 Å². The molecule has 1 heterocycles. The first-order valence-corrected chi connectivity index (χ1v) is 13.6. The molecule has 0 radical (unpaired) electrons. The van der Waals surface area contributed by atoms with E-state index < -0.39 is 8.32 Å². The third-order valence-corrected chi connectivity index (χ3v) is 11.0. The Hall–Kier alpha value is -1.62. The number of rotatable bonds is 7. The highest BCUT2D eigenvalue weighted by molar-refractivity contribution is 8.14. The van der Waals surface area contributed by atoms with E-state index in [0.717, 1.165) is 17.7 Å². The van der Waals surface area contributed by atoms with Crippen LogP contribution in [-0.4, -0.2) is 24.3 Å². The van der Waals surface area contributed by atoms with Gasteiger partial charge in [-0.3, -0.25) is 4.79 Å². The van der Waals surface area contributed by atoms with Crippen molar-refractivity contribution in [3.63, 3.8) is 0 Å². The van der Waals surface area contributed by atoms with E-state index in [1.165, 1.54) is 23.4 Å². The third kappa shape index (κ3) is 5.94. The van der Waals surface area contributed by atoms with Gasteiger partial charge in [0.15, 0.2) is 5.12 Å². The fourth-order valence-corrected chi connectivity index (χ4v) is 8.05. The molecule has 0 amide bonds. The lowest BCUT2D eigenvalue weighted by molar-refractivity contribution is -0.115. The zero-order valence-corrected chi connectivity index (χ0v) is 19.7. The van der Waals surface area contributed by atoms with Crippen molar-refractivity contribution < 1.29 is 9.22 Å². The predicted octanol–water partition coefficient (Wildman–Crippen LogP) is 6.04. The molecule has 0 spiro atoms. The van der Waals surface area contributed by atoms with Gasteiger partial charge in [0, 0.05) is 4.75 Å². The van der Waals surface area contributed by atoms with E-state index in [9.17, 15) is 4.79 Å². The molecular weight excluding hydrogens is 392 g/mol. The molecule has 0 N–H and O–H groups in total. The van der Waals surface area contributed by atoms with Crippen molar-refractivity contribution in [2.24, 2.45) is 5.92 Å². The molecule has 4 heteroatoms. The summed E-state index contributed by atoms with van der Waals surface area (Å²) in [6.45, 7) is 8.28. The van der Waals surface area contributed by atoms with Gasteiger partial charge in [0.05, 0.1) is 12.0 Å². The van der Waals surface area contributed by atoms with Gasteiger partial charge in [-0.1, -0.05) is 119 Å². The number of benzene rings is 2. The number of carbonyl (C=O) groups excluding carboxylic acids is 1. The Kier molecular flexibility index (Phi) is 7.20. The summed E-state index contributed by atoms with van der Waals surface area (Å²) < 4.78 is 6.80. The van der Waals surface area contributed by atoms with Crippen molar-refractivity contribution >= 4 is 36.5 Å². The van der Waals surface area contributed by atoms with E-state index in [1.807, 2.05) is 25.1 Å². The standard InChI is InChI=1S/C25H32O2SSi/c1-20(24(26)28-25(2,3)4)23(17-16-21-12-7-5-8-13-21)27-29(18-11-19-29)22-14-9-6-10-15-22/h5-10,12-17,20,23H,11,18-19H2,1-4H3/b17-16+/t20-,23+/m1/s1. The quantitative estimate of drug-likeness (QED) is 0.507. The maximum absolute atomic E-state index is 13.0. The minimum atomic E-state index is -2.00. The number of hydrogen-bond donors (Lipinski definition) is 0. The van der Waals surface area contributed by atoms with Crippen molar-refractivity contribution in [3.05, 3.63) is 72.3 Å². The predicted molar refractivity (Wildman–Crippen MR) is 128 cm³/mol. The van der Waals surface area contributed by atoms with E-state index in [0.29, 0.717) is 0 Å². The zero-order chi connectivity index (χ0) is 20.9. The highest BCUT2D eigenvalue weighted by atomic mass is 32.2. The van der Waals surface area contributed by atoms with Gasteiger partial charge in [0.2, 0.25) is 8.32 Å². The summed E-state index contributed by atoms with van der Waals surface area (Å²) in [6, 6.07) is 23.2. The number of thioether (sulfide) groups is 1. The monoisotopic (exact) mass is 424 g/mol. The van der Waals surface area contributed by atoms with Crippen LogP contribution < -0.4 is 5.19 Å². The number of hydrogen-bond acceptors (Lipinski definition) is 3. The molecule has 1 fully saturated rings. The van der Waals surface area contributed by atoms with Crippen molar-refractivity contribution in [3.8, 4) is 0 Å². The Labute approximate surface area is 180 Å². The van der Waals surface area contributed by atoms with Crippen LogP contribution in [0.3, 0.4) is 0 Å². The highest BCUT2D eigenvalue weighted by Gasteiger charge is 2.46. The molecule has 2 aromatic carbocycles. The zero-order valence-electron chi connectivity index (χ0n) is 17.9. The minimum Gasteiger partial charge on any atom is -0.405 e. The second-order valence-electron chi connectivity index (χ2n) is 8.89. The van der Waals surface area contributed by atoms with E-state index in [1.54, 1.807) is 0 Å². The smallest absolute Gasteiger partial charge is 0.225 e. The van der Waals surface area contributed by atoms with E-state index in [-0.39, 0.29) is 21.9 Å². The van der Waals surface area contributed by atoms with Gasteiger partial charge in [-0.15, -0.1) is 0 Å². The third-order valence-electron chi connectivity index (χ3n) is 5.37. The number of carbonyl (C=O) groups is 1. The summed E-state index contributed by atoms with van der Waals surface area (Å²) in [4.78, 5) is 13.0. The van der Waals surface area contributed by atoms with Crippen LogP contribution in [0, 0.1) is 5.92 Å². The van der Waals surface area contributed by atoms with Crippen LogP contribution in [0.1, 0.15) is 39.7 Å². The summed E-state index contributed by atoms with van der Waals surface area (Å²) in [5.74, 6) is -0.187. The van der Waals surface area contributed by atoms with Gasteiger partial charge in [-0.2, -0.15) is 0 Å². The molecule has 0 aliphatic carbocycles. The topological polar surface area (TPSA) is 26.3 Å². The molecule has 2 atom stereocenters. The fraction of sp³-hybridized carbons (Fsp3) is 0.400. The fourth-order valence-electron chi connectivity index (χ4n) is 3.58. The first-order valence-electron chi connectivity index (χ1n) is 10.5. The summed E-state index contributed by atoms with van der Waals surface area (Å²) in [5.41, 5.74) is 1.13. The maximum atomic E-state index is 13.0. The first-order chi connectivity index (χ1) is 13.8. The van der Waals surface area contributed by atoms with Crippen molar-refractivity contribution in [1.29, 1.82) is 0 Å². The summed E-state index contributed by atoms with van der Waals surface area (Å²) >= 11 is 1.42. The Morgan fingerprint density at radius 1 is 1.03 bits per heavy atom. The van der Waals surface area contributed by atoms with Gasteiger partial charge in [-0.25, -0.2) is 0 Å². The van der Waals surface area contributed by atoms with Gasteiger partial charge in [0.1, 0.15) is 0 Å². The van der Waals surface area contributed by atoms with Crippen LogP contribution >= 0.6 is 11.8 Å². The average molecular weight is 425 g/mol. The molecule has 29 heavy (non-hydrogen) atoms. The van der Waals surface area contributed by atoms with Crippen molar-refractivity contribution in [1.82, 2.24) is 0 Å². The molecule has 0 aromatic heterocycles. The Morgan fingerprint density at radius 3 is 2.14 bits per heavy atom. The molecule has 0 unspecified atom stereocenters. The second kappa shape index (κ2) is 9.46. The Morgan fingerprint density at radius 2 is 1.62 bits per heavy atom. The van der Waals surface area contributed by atoms with E-state index in [2.05, 4.69) is 75.4 Å². The van der Waals surface area contributed by atoms with Crippen molar-refractivity contribution in [2.45, 2.75) is 57.1 Å². The highest BCUT2D eigenvalue weighted by Crippen LogP contribution is 2.37. The minimum absolute atomic E-state index is 0.0932. The molecule has 1 saturated heterocycles. The summed E-state index contributed by atoms with van der Waals surface area (Å²) in [7, 11) is -2.00. The molecule has 154 valence electrons. The molecule has 3 rings (SSSR count). The maximum Gasteiger partial charge on any atom is 0.225 e. The Bertz CT molecular complexity index is 823. The normalized spacial score (nSPS) is 18.2. The first kappa shape index (κ1) is 22.1. The van der Waals surface area contributed by atoms with Crippen LogP contribution in [0.25, 0.3) is 6.08 Å². The largest absolute Gasteiger partial charge is 0.405 e. The van der Waals surface area contributed by atoms with Crippen LogP contribution in [0.2, 0.25) is 12.1 Å². The lowest BCUT2D eigenvalue weighted by Gasteiger charge is -2.42. The molecule has 2 nitrogen and oxygen atoms in total. The molecular formula is C25H32O2SSi. The van der Waals surface area contributed by atoms with Gasteiger partial charge >= 0.3 is 0 Å². The van der Waals surface area contributed by atoms with Crippen LogP contribution in [0.4, 0.5) is 0 Å². The molecule has 2 aromatic rings. The second-order valence-corrected chi connectivity index (χ2v) is 14.5. The van der Waals surface area contributed by atoms with E-state index in [4.69, 9.17) is 4.43 Å².